The lowest BCUT2D eigenvalue weighted by Gasteiger charge is -2.12. The van der Waals surface area contributed by atoms with Crippen molar-refractivity contribution < 1.29 is 0 Å². The largest absolute Gasteiger partial charge is 0.317 e. The van der Waals surface area contributed by atoms with Gasteiger partial charge in [0.25, 0.3) is 0 Å². The molecule has 1 saturated carbocycles. The van der Waals surface area contributed by atoms with E-state index >= 15 is 0 Å². The molecule has 0 aliphatic heterocycles. The molecule has 1 heteroatoms. The molecule has 2 atom stereocenters. The van der Waals surface area contributed by atoms with Gasteiger partial charge in [-0.15, -0.1) is 0 Å². The second kappa shape index (κ2) is 4.76. The van der Waals surface area contributed by atoms with Crippen molar-refractivity contribution in [3.8, 4) is 0 Å². The van der Waals surface area contributed by atoms with Crippen LogP contribution < -0.4 is 5.32 Å². The molecule has 1 nitrogen and oxygen atoms in total. The Hall–Kier alpha value is -0.0400. The topological polar surface area (TPSA) is 12.0 Å². The summed E-state index contributed by atoms with van der Waals surface area (Å²) in [5.74, 6) is 1.02. The third kappa shape index (κ3) is 2.82. The van der Waals surface area contributed by atoms with Gasteiger partial charge >= 0.3 is 0 Å². The van der Waals surface area contributed by atoms with E-state index in [-0.39, 0.29) is 0 Å². The summed E-state index contributed by atoms with van der Waals surface area (Å²) in [4.78, 5) is 0. The summed E-state index contributed by atoms with van der Waals surface area (Å²) in [7, 11) is 2.09. The number of hydrogen-bond acceptors (Lipinski definition) is 1. The molecule has 1 aliphatic carbocycles. The van der Waals surface area contributed by atoms with Crippen LogP contribution in [0.4, 0.5) is 0 Å². The van der Waals surface area contributed by atoms with Crippen molar-refractivity contribution in [2.45, 2.75) is 51.5 Å². The van der Waals surface area contributed by atoms with Crippen LogP contribution in [-0.4, -0.2) is 13.1 Å². The first-order valence-corrected chi connectivity index (χ1v) is 5.04. The van der Waals surface area contributed by atoms with Crippen LogP contribution in [-0.2, 0) is 0 Å². The molecular formula is C10H21N. The molecule has 0 aromatic rings. The molecule has 0 amide bonds. The van der Waals surface area contributed by atoms with E-state index in [1.165, 1.54) is 38.5 Å². The van der Waals surface area contributed by atoms with E-state index in [1.807, 2.05) is 0 Å². The van der Waals surface area contributed by atoms with Gasteiger partial charge in [0.15, 0.2) is 0 Å². The molecule has 0 radical (unpaired) electrons. The number of nitrogens with one attached hydrogen (secondary N) is 1. The zero-order chi connectivity index (χ0) is 8.10. The summed E-state index contributed by atoms with van der Waals surface area (Å²) in [6, 6.07) is 0.812. The highest BCUT2D eigenvalue weighted by Crippen LogP contribution is 2.24. The Labute approximate surface area is 70.6 Å². The summed E-state index contributed by atoms with van der Waals surface area (Å²) >= 11 is 0. The molecule has 0 heterocycles. The molecule has 11 heavy (non-hydrogen) atoms. The van der Waals surface area contributed by atoms with Gasteiger partial charge in [0.2, 0.25) is 0 Å². The van der Waals surface area contributed by atoms with Gasteiger partial charge in [0.1, 0.15) is 0 Å². The highest BCUT2D eigenvalue weighted by atomic mass is 14.9. The van der Waals surface area contributed by atoms with Gasteiger partial charge in [-0.05, 0) is 32.2 Å². The molecule has 0 saturated heterocycles. The quantitative estimate of drug-likeness (QED) is 0.604. The van der Waals surface area contributed by atoms with Crippen LogP contribution in [0.3, 0.4) is 0 Å². The van der Waals surface area contributed by atoms with Crippen molar-refractivity contribution in [2.75, 3.05) is 7.05 Å². The fourth-order valence-electron chi connectivity index (χ4n) is 2.08. The zero-order valence-electron chi connectivity index (χ0n) is 7.90. The van der Waals surface area contributed by atoms with Crippen LogP contribution in [0.25, 0.3) is 0 Å². The van der Waals surface area contributed by atoms with Gasteiger partial charge in [0.05, 0.1) is 0 Å². The summed E-state index contributed by atoms with van der Waals surface area (Å²) in [6.07, 6.45) is 8.53. The lowest BCUT2D eigenvalue weighted by atomic mass is 9.98. The lowest BCUT2D eigenvalue weighted by molar-refractivity contribution is 0.435. The Morgan fingerprint density at radius 3 is 2.64 bits per heavy atom. The second-order valence-corrected chi connectivity index (χ2v) is 3.77. The van der Waals surface area contributed by atoms with Crippen molar-refractivity contribution >= 4 is 0 Å². The van der Waals surface area contributed by atoms with E-state index in [2.05, 4.69) is 19.3 Å². The average Bonchev–Trinajstić information content (AvgIpc) is 2.28. The van der Waals surface area contributed by atoms with Gasteiger partial charge in [0, 0.05) is 6.04 Å². The third-order valence-corrected chi connectivity index (χ3v) is 3.07. The van der Waals surface area contributed by atoms with Crippen molar-refractivity contribution in [3.63, 3.8) is 0 Å². The fraction of sp³-hybridized carbons (Fsp3) is 1.00. The minimum Gasteiger partial charge on any atom is -0.317 e. The van der Waals surface area contributed by atoms with Crippen molar-refractivity contribution in [1.29, 1.82) is 0 Å². The summed E-state index contributed by atoms with van der Waals surface area (Å²) < 4.78 is 0. The van der Waals surface area contributed by atoms with E-state index in [0.717, 1.165) is 12.0 Å². The molecule has 66 valence electrons. The van der Waals surface area contributed by atoms with E-state index in [1.54, 1.807) is 0 Å². The van der Waals surface area contributed by atoms with Crippen molar-refractivity contribution in [3.05, 3.63) is 0 Å². The summed E-state index contributed by atoms with van der Waals surface area (Å²) in [5.41, 5.74) is 0. The molecular weight excluding hydrogens is 134 g/mol. The Bertz CT molecular complexity index is 89.0. The van der Waals surface area contributed by atoms with Crippen LogP contribution >= 0.6 is 0 Å². The molecule has 0 aromatic heterocycles. The van der Waals surface area contributed by atoms with Crippen LogP contribution in [0.2, 0.25) is 0 Å². The minimum atomic E-state index is 0.812. The predicted octanol–water partition coefficient (Wildman–Crippen LogP) is 2.56. The predicted molar refractivity (Wildman–Crippen MR) is 49.7 cm³/mol. The highest BCUT2D eigenvalue weighted by molar-refractivity contribution is 4.72. The molecule has 1 unspecified atom stereocenters. The molecule has 1 N–H and O–H groups in total. The van der Waals surface area contributed by atoms with E-state index in [0.29, 0.717) is 0 Å². The smallest absolute Gasteiger partial charge is 0.00641 e. The molecule has 0 aromatic carbocycles. The van der Waals surface area contributed by atoms with Gasteiger partial charge in [-0.1, -0.05) is 26.2 Å². The zero-order valence-corrected chi connectivity index (χ0v) is 7.90. The Balaban J connectivity index is 2.27. The molecule has 0 bridgehead atoms. The number of hydrogen-bond donors (Lipinski definition) is 1. The van der Waals surface area contributed by atoms with Crippen LogP contribution in [0.5, 0.6) is 0 Å². The first-order valence-electron chi connectivity index (χ1n) is 5.04. The molecule has 1 rings (SSSR count). The maximum atomic E-state index is 3.39. The Kier molecular flexibility index (Phi) is 3.92. The SMILES string of the molecule is CC[C@@H]1CCCC(NC)CC1. The van der Waals surface area contributed by atoms with Crippen LogP contribution in [0, 0.1) is 5.92 Å². The van der Waals surface area contributed by atoms with E-state index in [9.17, 15) is 0 Å². The van der Waals surface area contributed by atoms with Gasteiger partial charge in [-0.25, -0.2) is 0 Å². The third-order valence-electron chi connectivity index (χ3n) is 3.07. The second-order valence-electron chi connectivity index (χ2n) is 3.77. The van der Waals surface area contributed by atoms with E-state index in [4.69, 9.17) is 0 Å². The monoisotopic (exact) mass is 155 g/mol. The molecule has 0 spiro atoms. The summed E-state index contributed by atoms with van der Waals surface area (Å²) in [5, 5.41) is 3.39. The first kappa shape index (κ1) is 9.05. The summed E-state index contributed by atoms with van der Waals surface area (Å²) in [6.45, 7) is 2.32. The normalized spacial score (nSPS) is 33.3. The van der Waals surface area contributed by atoms with Crippen molar-refractivity contribution in [1.82, 2.24) is 5.32 Å². The Morgan fingerprint density at radius 2 is 2.00 bits per heavy atom. The maximum Gasteiger partial charge on any atom is 0.00641 e. The number of rotatable bonds is 2. The highest BCUT2D eigenvalue weighted by Gasteiger charge is 2.15. The Morgan fingerprint density at radius 1 is 1.18 bits per heavy atom. The maximum absolute atomic E-state index is 3.39. The van der Waals surface area contributed by atoms with Gasteiger partial charge in [-0.2, -0.15) is 0 Å². The molecule has 1 aliphatic rings. The van der Waals surface area contributed by atoms with Gasteiger partial charge in [-0.3, -0.25) is 0 Å². The molecule has 1 fully saturated rings. The minimum absolute atomic E-state index is 0.812. The van der Waals surface area contributed by atoms with Crippen LogP contribution in [0.15, 0.2) is 0 Å². The average molecular weight is 155 g/mol. The lowest BCUT2D eigenvalue weighted by Crippen LogP contribution is -2.23. The standard InChI is InChI=1S/C10H21N/c1-3-9-5-4-6-10(11-2)8-7-9/h9-11H,3-8H2,1-2H3/t9-,10?/m1/s1. The van der Waals surface area contributed by atoms with Crippen LogP contribution in [0.1, 0.15) is 45.4 Å². The first-order chi connectivity index (χ1) is 5.36. The van der Waals surface area contributed by atoms with E-state index < -0.39 is 0 Å². The fourth-order valence-corrected chi connectivity index (χ4v) is 2.08. The van der Waals surface area contributed by atoms with Crippen molar-refractivity contribution in [2.24, 2.45) is 5.92 Å². The van der Waals surface area contributed by atoms with Gasteiger partial charge < -0.3 is 5.32 Å².